The number of carbonyl (C=O) groups is 1. The Hall–Kier alpha value is -2.40. The highest BCUT2D eigenvalue weighted by atomic mass is 32.1. The number of hydrogen-bond donors (Lipinski definition) is 1. The van der Waals surface area contributed by atoms with E-state index in [1.165, 1.54) is 11.3 Å². The molecule has 2 heterocycles. The lowest BCUT2D eigenvalue weighted by Crippen LogP contribution is -2.15. The van der Waals surface area contributed by atoms with Crippen LogP contribution in [0, 0.1) is 0 Å². The zero-order valence-corrected chi connectivity index (χ0v) is 11.7. The molecule has 0 atom stereocenters. The summed E-state index contributed by atoms with van der Waals surface area (Å²) in [4.78, 5) is 12.1. The third-order valence-corrected chi connectivity index (χ3v) is 3.84. The molecule has 100 valence electrons. The first-order valence-corrected chi connectivity index (χ1v) is 7.05. The van der Waals surface area contributed by atoms with E-state index in [1.54, 1.807) is 24.0 Å². The normalized spacial score (nSPS) is 10.4. The van der Waals surface area contributed by atoms with E-state index in [0.717, 1.165) is 16.1 Å². The number of rotatable bonds is 3. The molecule has 0 saturated heterocycles. The number of carbonyl (C=O) groups excluding carboxylic acids is 1. The van der Waals surface area contributed by atoms with Crippen LogP contribution in [0.5, 0.6) is 0 Å². The summed E-state index contributed by atoms with van der Waals surface area (Å²) >= 11 is 1.51. The number of aryl methyl sites for hydroxylation is 1. The fraction of sp³-hybridized carbons (Fsp3) is 0.0667. The van der Waals surface area contributed by atoms with Gasteiger partial charge in [-0.05, 0) is 23.3 Å². The minimum absolute atomic E-state index is 0.147. The SMILES string of the molecule is Cn1nccc1C(=O)Nc1cc(-c2ccccc2)cs1. The highest BCUT2D eigenvalue weighted by Gasteiger charge is 2.11. The molecule has 20 heavy (non-hydrogen) atoms. The van der Waals surface area contributed by atoms with Crippen molar-refractivity contribution in [2.75, 3.05) is 5.32 Å². The molecule has 0 fully saturated rings. The van der Waals surface area contributed by atoms with Gasteiger partial charge in [-0.1, -0.05) is 30.3 Å². The van der Waals surface area contributed by atoms with Gasteiger partial charge in [0.15, 0.2) is 0 Å². The van der Waals surface area contributed by atoms with Gasteiger partial charge in [0.1, 0.15) is 5.69 Å². The van der Waals surface area contributed by atoms with Crippen molar-refractivity contribution < 1.29 is 4.79 Å². The first-order chi connectivity index (χ1) is 9.74. The van der Waals surface area contributed by atoms with Crippen molar-refractivity contribution in [2.45, 2.75) is 0 Å². The summed E-state index contributed by atoms with van der Waals surface area (Å²) in [7, 11) is 1.75. The van der Waals surface area contributed by atoms with E-state index >= 15 is 0 Å². The molecule has 0 aliphatic rings. The third kappa shape index (κ3) is 2.48. The van der Waals surface area contributed by atoms with E-state index in [2.05, 4.69) is 22.5 Å². The van der Waals surface area contributed by atoms with Gasteiger partial charge in [-0.3, -0.25) is 9.48 Å². The Morgan fingerprint density at radius 3 is 2.70 bits per heavy atom. The number of anilines is 1. The maximum atomic E-state index is 12.1. The van der Waals surface area contributed by atoms with E-state index in [4.69, 9.17) is 0 Å². The van der Waals surface area contributed by atoms with Crippen molar-refractivity contribution in [1.82, 2.24) is 9.78 Å². The summed E-state index contributed by atoms with van der Waals surface area (Å²) in [5, 5.41) is 9.75. The largest absolute Gasteiger partial charge is 0.312 e. The third-order valence-electron chi connectivity index (χ3n) is 3.00. The molecule has 0 radical (unpaired) electrons. The lowest BCUT2D eigenvalue weighted by atomic mass is 10.1. The molecule has 4 nitrogen and oxygen atoms in total. The Morgan fingerprint density at radius 2 is 2.00 bits per heavy atom. The van der Waals surface area contributed by atoms with Gasteiger partial charge in [-0.25, -0.2) is 0 Å². The second-order valence-electron chi connectivity index (χ2n) is 4.36. The summed E-state index contributed by atoms with van der Waals surface area (Å²) in [6, 6.07) is 13.8. The van der Waals surface area contributed by atoms with Crippen LogP contribution in [0.15, 0.2) is 54.0 Å². The van der Waals surface area contributed by atoms with Gasteiger partial charge in [0.2, 0.25) is 0 Å². The summed E-state index contributed by atoms with van der Waals surface area (Å²) in [6.45, 7) is 0. The molecule has 0 spiro atoms. The number of nitrogens with zero attached hydrogens (tertiary/aromatic N) is 2. The van der Waals surface area contributed by atoms with Crippen LogP contribution in [0.4, 0.5) is 5.00 Å². The fourth-order valence-corrected chi connectivity index (χ4v) is 2.76. The number of thiophene rings is 1. The molecule has 1 N–H and O–H groups in total. The van der Waals surface area contributed by atoms with E-state index in [0.29, 0.717) is 5.69 Å². The van der Waals surface area contributed by atoms with Gasteiger partial charge in [-0.2, -0.15) is 5.10 Å². The molecule has 0 unspecified atom stereocenters. The van der Waals surface area contributed by atoms with Gasteiger partial charge in [0, 0.05) is 18.6 Å². The standard InChI is InChI=1S/C15H13N3OS/c1-18-13(7-8-16-18)15(19)17-14-9-12(10-20-14)11-5-3-2-4-6-11/h2-10H,1H3,(H,17,19). The minimum atomic E-state index is -0.147. The minimum Gasteiger partial charge on any atom is -0.312 e. The number of hydrogen-bond acceptors (Lipinski definition) is 3. The van der Waals surface area contributed by atoms with E-state index in [1.807, 2.05) is 29.6 Å². The van der Waals surface area contributed by atoms with Crippen molar-refractivity contribution in [2.24, 2.45) is 7.05 Å². The molecular formula is C15H13N3OS. The maximum absolute atomic E-state index is 12.1. The maximum Gasteiger partial charge on any atom is 0.274 e. The van der Waals surface area contributed by atoms with Crippen molar-refractivity contribution in [1.29, 1.82) is 0 Å². The Kier molecular flexibility index (Phi) is 3.35. The predicted molar refractivity (Wildman–Crippen MR) is 80.9 cm³/mol. The Bertz CT molecular complexity index is 730. The van der Waals surface area contributed by atoms with Crippen molar-refractivity contribution in [3.05, 3.63) is 59.7 Å². The summed E-state index contributed by atoms with van der Waals surface area (Å²) in [5.41, 5.74) is 2.79. The smallest absolute Gasteiger partial charge is 0.274 e. The molecule has 1 aromatic carbocycles. The van der Waals surface area contributed by atoms with Crippen molar-refractivity contribution in [3.63, 3.8) is 0 Å². The van der Waals surface area contributed by atoms with Crippen LogP contribution < -0.4 is 5.32 Å². The molecule has 5 heteroatoms. The molecule has 0 aliphatic heterocycles. The topological polar surface area (TPSA) is 46.9 Å². The van der Waals surface area contributed by atoms with E-state index < -0.39 is 0 Å². The number of amides is 1. The highest BCUT2D eigenvalue weighted by molar-refractivity contribution is 7.14. The lowest BCUT2D eigenvalue weighted by Gasteiger charge is -2.02. The van der Waals surface area contributed by atoms with Crippen LogP contribution in [0.3, 0.4) is 0 Å². The molecular weight excluding hydrogens is 270 g/mol. The molecule has 0 saturated carbocycles. The van der Waals surface area contributed by atoms with Gasteiger partial charge in [-0.15, -0.1) is 11.3 Å². The second-order valence-corrected chi connectivity index (χ2v) is 5.27. The lowest BCUT2D eigenvalue weighted by molar-refractivity contribution is 0.101. The fourth-order valence-electron chi connectivity index (χ4n) is 1.96. The van der Waals surface area contributed by atoms with E-state index in [-0.39, 0.29) is 5.91 Å². The Morgan fingerprint density at radius 1 is 1.20 bits per heavy atom. The summed E-state index contributed by atoms with van der Waals surface area (Å²) < 4.78 is 1.56. The quantitative estimate of drug-likeness (QED) is 0.800. The molecule has 1 amide bonds. The number of nitrogens with one attached hydrogen (secondary N) is 1. The van der Waals surface area contributed by atoms with Crippen LogP contribution in [0.25, 0.3) is 11.1 Å². The van der Waals surface area contributed by atoms with E-state index in [9.17, 15) is 4.79 Å². The molecule has 0 aliphatic carbocycles. The van der Waals surface area contributed by atoms with Crippen molar-refractivity contribution >= 4 is 22.2 Å². The van der Waals surface area contributed by atoms with Crippen LogP contribution in [-0.2, 0) is 7.05 Å². The molecule has 3 aromatic rings. The van der Waals surface area contributed by atoms with Gasteiger partial charge < -0.3 is 5.32 Å². The highest BCUT2D eigenvalue weighted by Crippen LogP contribution is 2.29. The Balaban J connectivity index is 1.78. The van der Waals surface area contributed by atoms with Crippen LogP contribution in [0.1, 0.15) is 10.5 Å². The average Bonchev–Trinajstić information content (AvgIpc) is 3.09. The van der Waals surface area contributed by atoms with Crippen LogP contribution >= 0.6 is 11.3 Å². The molecule has 2 aromatic heterocycles. The number of aromatic nitrogens is 2. The summed E-state index contributed by atoms with van der Waals surface area (Å²) in [5.74, 6) is -0.147. The first kappa shape index (κ1) is 12.6. The predicted octanol–water partition coefficient (Wildman–Crippen LogP) is 3.40. The summed E-state index contributed by atoms with van der Waals surface area (Å²) in [6.07, 6.45) is 1.61. The van der Waals surface area contributed by atoms with Crippen LogP contribution in [0.2, 0.25) is 0 Å². The van der Waals surface area contributed by atoms with Gasteiger partial charge in [0.05, 0.1) is 5.00 Å². The number of benzene rings is 1. The monoisotopic (exact) mass is 283 g/mol. The van der Waals surface area contributed by atoms with Crippen LogP contribution in [-0.4, -0.2) is 15.7 Å². The first-order valence-electron chi connectivity index (χ1n) is 6.17. The zero-order valence-electron chi connectivity index (χ0n) is 10.9. The average molecular weight is 283 g/mol. The zero-order chi connectivity index (χ0) is 13.9. The molecule has 0 bridgehead atoms. The van der Waals surface area contributed by atoms with Gasteiger partial charge >= 0.3 is 0 Å². The molecule has 3 rings (SSSR count). The Labute approximate surface area is 120 Å². The van der Waals surface area contributed by atoms with Crippen molar-refractivity contribution in [3.8, 4) is 11.1 Å². The second kappa shape index (κ2) is 5.30. The van der Waals surface area contributed by atoms with Gasteiger partial charge in [0.25, 0.3) is 5.91 Å².